The monoisotopic (exact) mass is 302 g/mol. The van der Waals surface area contributed by atoms with E-state index >= 15 is 0 Å². The highest BCUT2D eigenvalue weighted by Crippen LogP contribution is 2.28. The Kier molecular flexibility index (Phi) is 4.77. The molecule has 3 rings (SSSR count). The summed E-state index contributed by atoms with van der Waals surface area (Å²) in [6.45, 7) is 6.33. The van der Waals surface area contributed by atoms with Gasteiger partial charge in [-0.15, -0.1) is 0 Å². The number of ether oxygens (including phenoxy) is 1. The van der Waals surface area contributed by atoms with Crippen molar-refractivity contribution in [3.05, 3.63) is 29.1 Å². The summed E-state index contributed by atoms with van der Waals surface area (Å²) in [6, 6.07) is 3.80. The fraction of sp³-hybridized carbons (Fsp3) is 0.667. The van der Waals surface area contributed by atoms with Crippen molar-refractivity contribution in [2.45, 2.75) is 52.1 Å². The minimum atomic E-state index is 0.135. The van der Waals surface area contributed by atoms with Crippen LogP contribution in [0.4, 0.5) is 0 Å². The summed E-state index contributed by atoms with van der Waals surface area (Å²) in [5.41, 5.74) is 2.58. The van der Waals surface area contributed by atoms with Crippen molar-refractivity contribution in [2.24, 2.45) is 5.92 Å². The van der Waals surface area contributed by atoms with Crippen LogP contribution < -0.4 is 0 Å². The van der Waals surface area contributed by atoms with Gasteiger partial charge < -0.3 is 9.64 Å². The molecule has 2 heterocycles. The third-order valence-electron chi connectivity index (χ3n) is 4.77. The number of nitrogens with zero attached hydrogens (tertiary/aromatic N) is 2. The second-order valence-electron chi connectivity index (χ2n) is 6.78. The first kappa shape index (κ1) is 15.5. The number of rotatable bonds is 5. The summed E-state index contributed by atoms with van der Waals surface area (Å²) < 4.78 is 5.74. The van der Waals surface area contributed by atoms with E-state index in [1.54, 1.807) is 0 Å². The smallest absolute Gasteiger partial charge is 0.254 e. The van der Waals surface area contributed by atoms with Crippen LogP contribution in [0.5, 0.6) is 0 Å². The quantitative estimate of drug-likeness (QED) is 0.839. The van der Waals surface area contributed by atoms with Gasteiger partial charge in [0.25, 0.3) is 5.91 Å². The molecule has 0 spiro atoms. The summed E-state index contributed by atoms with van der Waals surface area (Å²) in [5.74, 6) is 0.811. The molecule has 1 saturated carbocycles. The van der Waals surface area contributed by atoms with Gasteiger partial charge in [-0.05, 0) is 57.6 Å². The number of carbonyl (C=O) groups is 1. The fourth-order valence-electron chi connectivity index (χ4n) is 3.40. The van der Waals surface area contributed by atoms with Crippen molar-refractivity contribution in [2.75, 3.05) is 19.7 Å². The van der Waals surface area contributed by atoms with Crippen molar-refractivity contribution in [1.82, 2.24) is 9.88 Å². The first-order valence-corrected chi connectivity index (χ1v) is 8.48. The van der Waals surface area contributed by atoms with E-state index in [0.29, 0.717) is 5.92 Å². The molecule has 0 N–H and O–H groups in total. The predicted molar refractivity (Wildman–Crippen MR) is 85.9 cm³/mol. The van der Waals surface area contributed by atoms with E-state index in [0.717, 1.165) is 49.5 Å². The van der Waals surface area contributed by atoms with Gasteiger partial charge in [-0.25, -0.2) is 0 Å². The van der Waals surface area contributed by atoms with Crippen LogP contribution in [0, 0.1) is 19.8 Å². The summed E-state index contributed by atoms with van der Waals surface area (Å²) in [4.78, 5) is 19.3. The number of aromatic nitrogens is 1. The van der Waals surface area contributed by atoms with E-state index in [-0.39, 0.29) is 12.0 Å². The highest BCUT2D eigenvalue weighted by atomic mass is 16.5. The number of aryl methyl sites for hydroxylation is 2. The van der Waals surface area contributed by atoms with Gasteiger partial charge in [-0.2, -0.15) is 0 Å². The molecule has 1 aromatic heterocycles. The first-order valence-electron chi connectivity index (χ1n) is 8.48. The molecule has 1 saturated heterocycles. The average molecular weight is 302 g/mol. The van der Waals surface area contributed by atoms with Gasteiger partial charge in [-0.3, -0.25) is 9.78 Å². The first-order chi connectivity index (χ1) is 10.6. The third kappa shape index (κ3) is 3.67. The maximum atomic E-state index is 13.0. The molecule has 1 aliphatic carbocycles. The lowest BCUT2D eigenvalue weighted by atomic mass is 9.85. The Labute approximate surface area is 132 Å². The van der Waals surface area contributed by atoms with Crippen molar-refractivity contribution in [1.29, 1.82) is 0 Å². The largest absolute Gasteiger partial charge is 0.376 e. The zero-order chi connectivity index (χ0) is 15.5. The lowest BCUT2D eigenvalue weighted by molar-refractivity contribution is 0.0447. The predicted octanol–water partition coefficient (Wildman–Crippen LogP) is 3.12. The van der Waals surface area contributed by atoms with E-state index < -0.39 is 0 Å². The highest BCUT2D eigenvalue weighted by Gasteiger charge is 2.28. The maximum absolute atomic E-state index is 13.0. The molecule has 4 heteroatoms. The van der Waals surface area contributed by atoms with Gasteiger partial charge in [0, 0.05) is 36.6 Å². The Morgan fingerprint density at radius 2 is 1.91 bits per heavy atom. The molecule has 0 unspecified atom stereocenters. The van der Waals surface area contributed by atoms with Crippen LogP contribution >= 0.6 is 0 Å². The van der Waals surface area contributed by atoms with Crippen LogP contribution in [0.3, 0.4) is 0 Å². The summed E-state index contributed by atoms with van der Waals surface area (Å²) in [7, 11) is 0. The SMILES string of the molecule is Cc1cc(C(=O)N(CC2CCC2)C[C@@H]2CCCO2)cc(C)n1. The van der Waals surface area contributed by atoms with Crippen LogP contribution in [-0.2, 0) is 4.74 Å². The van der Waals surface area contributed by atoms with Crippen LogP contribution in [0.25, 0.3) is 0 Å². The molecule has 1 aliphatic heterocycles. The van der Waals surface area contributed by atoms with Gasteiger partial charge in [-0.1, -0.05) is 6.42 Å². The van der Waals surface area contributed by atoms with Crippen molar-refractivity contribution in [3.8, 4) is 0 Å². The van der Waals surface area contributed by atoms with E-state index in [2.05, 4.69) is 4.98 Å². The zero-order valence-corrected chi connectivity index (χ0v) is 13.7. The third-order valence-corrected chi connectivity index (χ3v) is 4.77. The number of carbonyl (C=O) groups excluding carboxylic acids is 1. The fourth-order valence-corrected chi connectivity index (χ4v) is 3.40. The van der Waals surface area contributed by atoms with Gasteiger partial charge in [0.05, 0.1) is 6.10 Å². The van der Waals surface area contributed by atoms with Gasteiger partial charge in [0.15, 0.2) is 0 Å². The molecule has 120 valence electrons. The topological polar surface area (TPSA) is 42.4 Å². The van der Waals surface area contributed by atoms with E-state index in [9.17, 15) is 4.79 Å². The van der Waals surface area contributed by atoms with Crippen molar-refractivity contribution >= 4 is 5.91 Å². The van der Waals surface area contributed by atoms with Crippen LogP contribution in [0.1, 0.15) is 53.8 Å². The van der Waals surface area contributed by atoms with E-state index in [1.165, 1.54) is 19.3 Å². The van der Waals surface area contributed by atoms with Gasteiger partial charge >= 0.3 is 0 Å². The average Bonchev–Trinajstić information content (AvgIpc) is 2.92. The lowest BCUT2D eigenvalue weighted by Gasteiger charge is -2.33. The Bertz CT molecular complexity index is 514. The minimum Gasteiger partial charge on any atom is -0.376 e. The molecular weight excluding hydrogens is 276 g/mol. The number of amides is 1. The molecule has 1 amide bonds. The molecule has 0 aromatic carbocycles. The Balaban J connectivity index is 1.74. The Morgan fingerprint density at radius 3 is 2.45 bits per heavy atom. The minimum absolute atomic E-state index is 0.135. The lowest BCUT2D eigenvalue weighted by Crippen LogP contribution is -2.41. The van der Waals surface area contributed by atoms with Crippen molar-refractivity contribution < 1.29 is 9.53 Å². The van der Waals surface area contributed by atoms with Crippen molar-refractivity contribution in [3.63, 3.8) is 0 Å². The van der Waals surface area contributed by atoms with E-state index in [4.69, 9.17) is 4.74 Å². The van der Waals surface area contributed by atoms with E-state index in [1.807, 2.05) is 30.9 Å². The molecule has 0 radical (unpaired) electrons. The number of pyridine rings is 1. The number of hydrogen-bond donors (Lipinski definition) is 0. The molecule has 2 aliphatic rings. The van der Waals surface area contributed by atoms with Crippen LogP contribution in [0.15, 0.2) is 12.1 Å². The van der Waals surface area contributed by atoms with Gasteiger partial charge in [0.2, 0.25) is 0 Å². The molecular formula is C18H26N2O2. The van der Waals surface area contributed by atoms with Crippen LogP contribution in [-0.4, -0.2) is 41.6 Å². The molecule has 1 aromatic rings. The maximum Gasteiger partial charge on any atom is 0.254 e. The van der Waals surface area contributed by atoms with Crippen LogP contribution in [0.2, 0.25) is 0 Å². The second kappa shape index (κ2) is 6.78. The normalized spacial score (nSPS) is 21.6. The molecule has 22 heavy (non-hydrogen) atoms. The highest BCUT2D eigenvalue weighted by molar-refractivity contribution is 5.94. The zero-order valence-electron chi connectivity index (χ0n) is 13.7. The second-order valence-corrected chi connectivity index (χ2v) is 6.78. The molecule has 2 fully saturated rings. The summed E-state index contributed by atoms with van der Waals surface area (Å²) in [6.07, 6.45) is 6.22. The Morgan fingerprint density at radius 1 is 1.18 bits per heavy atom. The molecule has 1 atom stereocenters. The number of hydrogen-bond acceptors (Lipinski definition) is 3. The molecule has 0 bridgehead atoms. The summed E-state index contributed by atoms with van der Waals surface area (Å²) >= 11 is 0. The standard InChI is InChI=1S/C18H26N2O2/c1-13-9-16(10-14(2)19-13)18(21)20(11-15-5-3-6-15)12-17-7-4-8-22-17/h9-10,15,17H,3-8,11-12H2,1-2H3/t17-/m0/s1. The summed E-state index contributed by atoms with van der Waals surface area (Å²) in [5, 5.41) is 0. The van der Waals surface area contributed by atoms with Gasteiger partial charge in [0.1, 0.15) is 0 Å². The molecule has 4 nitrogen and oxygen atoms in total. The Hall–Kier alpha value is -1.42.